The third-order valence-corrected chi connectivity index (χ3v) is 3.49. The number of aliphatic carboxylic acids is 1. The molecule has 2 N–H and O–H groups in total. The largest absolute Gasteiger partial charge is 0.478 e. The number of carbonyl (C=O) groups is 2. The van der Waals surface area contributed by atoms with Crippen molar-refractivity contribution in [1.82, 2.24) is 9.36 Å². The fourth-order valence-corrected chi connectivity index (χ4v) is 2.18. The smallest absolute Gasteiger partial charge is 0.328 e. The van der Waals surface area contributed by atoms with Gasteiger partial charge in [-0.2, -0.15) is 0 Å². The van der Waals surface area contributed by atoms with Gasteiger partial charge in [0.25, 0.3) is 11.5 Å². The van der Waals surface area contributed by atoms with Crippen molar-refractivity contribution >= 4 is 17.6 Å². The second kappa shape index (κ2) is 6.35. The molecule has 0 radical (unpaired) electrons. The van der Waals surface area contributed by atoms with Crippen LogP contribution in [0.4, 0.5) is 5.69 Å². The Hall–Kier alpha value is -3.09. The van der Waals surface area contributed by atoms with E-state index in [2.05, 4.69) is 5.32 Å². The Morgan fingerprint density at radius 3 is 2.39 bits per heavy atom. The minimum Gasteiger partial charge on any atom is -0.478 e. The van der Waals surface area contributed by atoms with Crippen LogP contribution in [0.15, 0.2) is 46.8 Å². The number of anilines is 1. The Balaban J connectivity index is 2.45. The number of rotatable bonds is 4. The van der Waals surface area contributed by atoms with E-state index in [4.69, 9.17) is 5.11 Å². The summed E-state index contributed by atoms with van der Waals surface area (Å²) in [6.45, 7) is 3.07. The number of aromatic nitrogens is 2. The van der Waals surface area contributed by atoms with Crippen molar-refractivity contribution in [3.63, 3.8) is 0 Å². The molecule has 0 aliphatic rings. The Morgan fingerprint density at radius 1 is 1.22 bits per heavy atom. The fourth-order valence-electron chi connectivity index (χ4n) is 2.18. The number of amides is 1. The maximum atomic E-state index is 12.6. The molecule has 0 fully saturated rings. The summed E-state index contributed by atoms with van der Waals surface area (Å²) in [6, 6.07) is 9.02. The zero-order valence-corrected chi connectivity index (χ0v) is 13.0. The van der Waals surface area contributed by atoms with Gasteiger partial charge in [-0.05, 0) is 26.0 Å². The van der Waals surface area contributed by atoms with E-state index >= 15 is 0 Å². The zero-order valence-electron chi connectivity index (χ0n) is 13.0. The lowest BCUT2D eigenvalue weighted by Crippen LogP contribution is -2.23. The summed E-state index contributed by atoms with van der Waals surface area (Å²) in [4.78, 5) is 35.2. The van der Waals surface area contributed by atoms with Crippen LogP contribution in [-0.4, -0.2) is 26.3 Å². The molecule has 0 saturated heterocycles. The highest BCUT2D eigenvalue weighted by molar-refractivity contribution is 6.06. The van der Waals surface area contributed by atoms with Crippen LogP contribution in [0.3, 0.4) is 0 Å². The van der Waals surface area contributed by atoms with E-state index < -0.39 is 11.9 Å². The third-order valence-electron chi connectivity index (χ3n) is 3.49. The molecule has 1 heterocycles. The molecule has 0 saturated carbocycles. The highest BCUT2D eigenvalue weighted by Crippen LogP contribution is 2.14. The SMILES string of the molecule is CC(=CC(=O)O)C(=O)Nc1c(C)n(C)n(-c2ccccc2)c1=O. The summed E-state index contributed by atoms with van der Waals surface area (Å²) in [5, 5.41) is 11.2. The maximum absolute atomic E-state index is 12.6. The molecule has 2 rings (SSSR count). The molecule has 120 valence electrons. The highest BCUT2D eigenvalue weighted by Gasteiger charge is 2.18. The van der Waals surface area contributed by atoms with Gasteiger partial charge in [-0.1, -0.05) is 18.2 Å². The molecule has 0 spiro atoms. The quantitative estimate of drug-likeness (QED) is 0.835. The van der Waals surface area contributed by atoms with Crippen LogP contribution in [0.5, 0.6) is 0 Å². The van der Waals surface area contributed by atoms with Crippen molar-refractivity contribution < 1.29 is 14.7 Å². The van der Waals surface area contributed by atoms with Gasteiger partial charge in [-0.3, -0.25) is 14.3 Å². The van der Waals surface area contributed by atoms with E-state index in [9.17, 15) is 14.4 Å². The number of carboxylic acids is 1. The fraction of sp³-hybridized carbons (Fsp3) is 0.188. The van der Waals surface area contributed by atoms with E-state index in [0.29, 0.717) is 11.4 Å². The molecule has 0 aliphatic heterocycles. The number of carboxylic acid groups (broad SMARTS) is 1. The molecule has 23 heavy (non-hydrogen) atoms. The third kappa shape index (κ3) is 3.23. The summed E-state index contributed by atoms with van der Waals surface area (Å²) in [7, 11) is 1.71. The lowest BCUT2D eigenvalue weighted by Gasteiger charge is -2.07. The van der Waals surface area contributed by atoms with Crippen LogP contribution in [0.25, 0.3) is 5.69 Å². The first-order valence-corrected chi connectivity index (χ1v) is 6.89. The van der Waals surface area contributed by atoms with Crippen molar-refractivity contribution in [1.29, 1.82) is 0 Å². The molecule has 0 unspecified atom stereocenters. The maximum Gasteiger partial charge on any atom is 0.328 e. The van der Waals surface area contributed by atoms with Crippen LogP contribution in [0.1, 0.15) is 12.6 Å². The molecule has 0 aliphatic carbocycles. The molecule has 7 heteroatoms. The molecule has 1 amide bonds. The standard InChI is InChI=1S/C16H17N3O4/c1-10(9-13(20)21)15(22)17-14-11(2)18(3)19(16(14)23)12-7-5-4-6-8-12/h4-9H,1-3H3,(H,17,22)(H,20,21). The monoisotopic (exact) mass is 315 g/mol. The summed E-state index contributed by atoms with van der Waals surface area (Å²) < 4.78 is 3.06. The van der Waals surface area contributed by atoms with E-state index in [1.807, 2.05) is 18.2 Å². The van der Waals surface area contributed by atoms with Crippen LogP contribution in [0.2, 0.25) is 0 Å². The topological polar surface area (TPSA) is 93.3 Å². The normalized spacial score (nSPS) is 11.3. The molecular formula is C16H17N3O4. The first-order chi connectivity index (χ1) is 10.8. The average Bonchev–Trinajstić information content (AvgIpc) is 2.71. The zero-order chi connectivity index (χ0) is 17.1. The van der Waals surface area contributed by atoms with Gasteiger partial charge in [-0.25, -0.2) is 9.48 Å². The number of nitrogens with one attached hydrogen (secondary N) is 1. The number of para-hydroxylation sites is 1. The molecule has 1 aromatic heterocycles. The van der Waals surface area contributed by atoms with Crippen molar-refractivity contribution in [2.24, 2.45) is 7.05 Å². The van der Waals surface area contributed by atoms with Crippen molar-refractivity contribution in [2.75, 3.05) is 5.32 Å². The Morgan fingerprint density at radius 2 is 1.83 bits per heavy atom. The molecule has 7 nitrogen and oxygen atoms in total. The number of hydrogen-bond acceptors (Lipinski definition) is 3. The number of nitrogens with zero attached hydrogens (tertiary/aromatic N) is 2. The van der Waals surface area contributed by atoms with Crippen molar-refractivity contribution in [2.45, 2.75) is 13.8 Å². The van der Waals surface area contributed by atoms with E-state index in [1.54, 1.807) is 30.8 Å². The van der Waals surface area contributed by atoms with Gasteiger partial charge >= 0.3 is 5.97 Å². The first kappa shape index (κ1) is 16.3. The van der Waals surface area contributed by atoms with Crippen LogP contribution < -0.4 is 10.9 Å². The minimum absolute atomic E-state index is 0.00594. The van der Waals surface area contributed by atoms with Crippen LogP contribution in [-0.2, 0) is 16.6 Å². The number of benzene rings is 1. The Bertz CT molecular complexity index is 844. The van der Waals surface area contributed by atoms with Gasteiger partial charge in [0.2, 0.25) is 0 Å². The Labute approximate surface area is 132 Å². The van der Waals surface area contributed by atoms with Gasteiger partial charge in [0.05, 0.1) is 11.4 Å². The second-order valence-corrected chi connectivity index (χ2v) is 5.06. The molecule has 1 aromatic carbocycles. The van der Waals surface area contributed by atoms with Gasteiger partial charge in [-0.15, -0.1) is 0 Å². The number of carbonyl (C=O) groups excluding carboxylic acids is 1. The molecule has 2 aromatic rings. The van der Waals surface area contributed by atoms with Gasteiger partial charge in [0, 0.05) is 18.7 Å². The lowest BCUT2D eigenvalue weighted by molar-refractivity contribution is -0.131. The van der Waals surface area contributed by atoms with Gasteiger partial charge in [0.1, 0.15) is 5.69 Å². The number of hydrogen-bond donors (Lipinski definition) is 2. The predicted molar refractivity (Wildman–Crippen MR) is 85.8 cm³/mol. The first-order valence-electron chi connectivity index (χ1n) is 6.89. The average molecular weight is 315 g/mol. The molecular weight excluding hydrogens is 298 g/mol. The molecule has 0 bridgehead atoms. The second-order valence-electron chi connectivity index (χ2n) is 5.06. The van der Waals surface area contributed by atoms with Crippen LogP contribution in [0, 0.1) is 6.92 Å². The summed E-state index contributed by atoms with van der Waals surface area (Å²) in [6.07, 6.45) is 0.795. The summed E-state index contributed by atoms with van der Waals surface area (Å²) in [5.41, 5.74) is 0.982. The van der Waals surface area contributed by atoms with E-state index in [1.165, 1.54) is 11.6 Å². The van der Waals surface area contributed by atoms with Crippen LogP contribution >= 0.6 is 0 Å². The van der Waals surface area contributed by atoms with Crippen molar-refractivity contribution in [3.05, 3.63) is 58.0 Å². The van der Waals surface area contributed by atoms with Gasteiger partial charge in [0.15, 0.2) is 0 Å². The summed E-state index contributed by atoms with van der Waals surface area (Å²) >= 11 is 0. The van der Waals surface area contributed by atoms with Crippen molar-refractivity contribution in [3.8, 4) is 5.69 Å². The van der Waals surface area contributed by atoms with E-state index in [-0.39, 0.29) is 16.8 Å². The lowest BCUT2D eigenvalue weighted by atomic mass is 10.2. The van der Waals surface area contributed by atoms with E-state index in [0.717, 1.165) is 6.08 Å². The predicted octanol–water partition coefficient (Wildman–Crippen LogP) is 1.45. The van der Waals surface area contributed by atoms with Gasteiger partial charge < -0.3 is 10.4 Å². The summed E-state index contributed by atoms with van der Waals surface area (Å²) in [5.74, 6) is -1.84. The molecule has 0 atom stereocenters. The highest BCUT2D eigenvalue weighted by atomic mass is 16.4. The Kier molecular flexibility index (Phi) is 4.49. The minimum atomic E-state index is -1.22.